The van der Waals surface area contributed by atoms with Gasteiger partial charge in [0.15, 0.2) is 0 Å². The number of halogens is 1. The van der Waals surface area contributed by atoms with Gasteiger partial charge in [0, 0.05) is 13.7 Å². The highest BCUT2D eigenvalue weighted by molar-refractivity contribution is 5.85. The molecule has 0 radical (unpaired) electrons. The molecule has 1 aliphatic carbocycles. The van der Waals surface area contributed by atoms with E-state index in [9.17, 15) is 0 Å². The van der Waals surface area contributed by atoms with Crippen LogP contribution in [0.3, 0.4) is 0 Å². The lowest BCUT2D eigenvalue weighted by Crippen LogP contribution is -2.38. The van der Waals surface area contributed by atoms with Crippen molar-refractivity contribution in [2.75, 3.05) is 33.9 Å². The van der Waals surface area contributed by atoms with Gasteiger partial charge in [0.25, 0.3) is 0 Å². The molecule has 0 aromatic heterocycles. The molecule has 126 valence electrons. The summed E-state index contributed by atoms with van der Waals surface area (Å²) in [6, 6.07) is 15.8. The second-order valence-electron chi connectivity index (χ2n) is 6.74. The summed E-state index contributed by atoms with van der Waals surface area (Å²) in [6.45, 7) is 2.99. The van der Waals surface area contributed by atoms with Crippen LogP contribution in [-0.4, -0.2) is 38.8 Å². The number of methoxy groups -OCH3 is 1. The quantitative estimate of drug-likeness (QED) is 0.731. The molecule has 0 N–H and O–H groups in total. The standard InChI is InChI=1S/C20H27NO.ClH/c1-21(14-15-22-2)13-12-20(10-5-11-20)19-9-8-17-6-3-4-7-18(17)16-19;/h3-4,6-9,16H,5,10-15H2,1-2H3;1H. The molecule has 2 aromatic carbocycles. The van der Waals surface area contributed by atoms with Crippen molar-refractivity contribution in [2.45, 2.75) is 31.1 Å². The molecule has 1 aliphatic rings. The summed E-state index contributed by atoms with van der Waals surface area (Å²) in [5.41, 5.74) is 1.95. The van der Waals surface area contributed by atoms with Gasteiger partial charge in [-0.2, -0.15) is 0 Å². The van der Waals surface area contributed by atoms with Gasteiger partial charge in [0.05, 0.1) is 6.61 Å². The van der Waals surface area contributed by atoms with Crippen LogP contribution >= 0.6 is 12.4 Å². The first kappa shape index (κ1) is 18.3. The van der Waals surface area contributed by atoms with Crippen molar-refractivity contribution in [3.63, 3.8) is 0 Å². The molecule has 0 heterocycles. The molecule has 0 aliphatic heterocycles. The molecule has 2 aromatic rings. The van der Waals surface area contributed by atoms with Crippen molar-refractivity contribution in [1.29, 1.82) is 0 Å². The van der Waals surface area contributed by atoms with Gasteiger partial charge >= 0.3 is 0 Å². The number of ether oxygens (including phenoxy) is 1. The predicted molar refractivity (Wildman–Crippen MR) is 101 cm³/mol. The maximum atomic E-state index is 5.18. The summed E-state index contributed by atoms with van der Waals surface area (Å²) in [4.78, 5) is 2.39. The Morgan fingerprint density at radius 3 is 2.43 bits per heavy atom. The van der Waals surface area contributed by atoms with E-state index >= 15 is 0 Å². The fourth-order valence-corrected chi connectivity index (χ4v) is 3.57. The molecule has 1 saturated carbocycles. The SMILES string of the molecule is COCCN(C)CCC1(c2ccc3ccccc3c2)CCC1.Cl. The third-order valence-electron chi connectivity index (χ3n) is 5.32. The van der Waals surface area contributed by atoms with Crippen molar-refractivity contribution in [1.82, 2.24) is 4.90 Å². The number of likely N-dealkylation sites (N-methyl/N-ethyl adjacent to an activating group) is 1. The topological polar surface area (TPSA) is 12.5 Å². The molecule has 1 fully saturated rings. The third-order valence-corrected chi connectivity index (χ3v) is 5.32. The Labute approximate surface area is 146 Å². The molecule has 0 spiro atoms. The normalized spacial score (nSPS) is 16.1. The molecule has 0 saturated heterocycles. The number of rotatable bonds is 7. The monoisotopic (exact) mass is 333 g/mol. The molecule has 3 heteroatoms. The first-order valence-electron chi connectivity index (χ1n) is 8.40. The van der Waals surface area contributed by atoms with E-state index in [4.69, 9.17) is 4.74 Å². The van der Waals surface area contributed by atoms with Gasteiger partial charge in [-0.1, -0.05) is 48.9 Å². The fraction of sp³-hybridized carbons (Fsp3) is 0.500. The Morgan fingerprint density at radius 1 is 1.04 bits per heavy atom. The first-order valence-corrected chi connectivity index (χ1v) is 8.40. The minimum absolute atomic E-state index is 0. The van der Waals surface area contributed by atoms with E-state index < -0.39 is 0 Å². The lowest BCUT2D eigenvalue weighted by Gasteiger charge is -2.43. The number of benzene rings is 2. The summed E-state index contributed by atoms with van der Waals surface area (Å²) in [5, 5.41) is 2.72. The van der Waals surface area contributed by atoms with Crippen molar-refractivity contribution in [3.8, 4) is 0 Å². The van der Waals surface area contributed by atoms with E-state index in [1.165, 1.54) is 42.0 Å². The van der Waals surface area contributed by atoms with Crippen molar-refractivity contribution in [3.05, 3.63) is 48.0 Å². The highest BCUT2D eigenvalue weighted by atomic mass is 35.5. The van der Waals surface area contributed by atoms with Crippen LogP contribution in [0.4, 0.5) is 0 Å². The minimum atomic E-state index is 0. The van der Waals surface area contributed by atoms with Gasteiger partial charge in [-0.3, -0.25) is 0 Å². The first-order chi connectivity index (χ1) is 10.7. The van der Waals surface area contributed by atoms with E-state index in [0.717, 1.165) is 19.7 Å². The summed E-state index contributed by atoms with van der Waals surface area (Å²) in [7, 11) is 3.97. The zero-order chi connectivity index (χ0) is 15.4. The van der Waals surface area contributed by atoms with Crippen LogP contribution in [0, 0.1) is 0 Å². The summed E-state index contributed by atoms with van der Waals surface area (Å²) in [6.07, 6.45) is 5.30. The van der Waals surface area contributed by atoms with Gasteiger partial charge in [0.1, 0.15) is 0 Å². The van der Waals surface area contributed by atoms with Crippen LogP contribution in [0.15, 0.2) is 42.5 Å². The van der Waals surface area contributed by atoms with Gasteiger partial charge in [0.2, 0.25) is 0 Å². The molecule has 2 nitrogen and oxygen atoms in total. The van der Waals surface area contributed by atoms with Crippen LogP contribution in [0.1, 0.15) is 31.2 Å². The fourth-order valence-electron chi connectivity index (χ4n) is 3.57. The van der Waals surface area contributed by atoms with E-state index in [2.05, 4.69) is 54.4 Å². The number of fused-ring (bicyclic) bond motifs is 1. The second-order valence-corrected chi connectivity index (χ2v) is 6.74. The zero-order valence-corrected chi connectivity index (χ0v) is 15.1. The Morgan fingerprint density at radius 2 is 1.78 bits per heavy atom. The van der Waals surface area contributed by atoms with Crippen molar-refractivity contribution in [2.24, 2.45) is 0 Å². The van der Waals surface area contributed by atoms with Gasteiger partial charge in [-0.05, 0) is 54.6 Å². The highest BCUT2D eigenvalue weighted by Gasteiger charge is 2.38. The Bertz CT molecular complexity index is 624. The molecular formula is C20H28ClNO. The van der Waals surface area contributed by atoms with Crippen LogP contribution < -0.4 is 0 Å². The van der Waals surface area contributed by atoms with E-state index in [1.54, 1.807) is 7.11 Å². The number of nitrogens with zero attached hydrogens (tertiary/aromatic N) is 1. The average molecular weight is 334 g/mol. The van der Waals surface area contributed by atoms with Gasteiger partial charge in [-0.25, -0.2) is 0 Å². The van der Waals surface area contributed by atoms with E-state index in [0.29, 0.717) is 5.41 Å². The average Bonchev–Trinajstić information content (AvgIpc) is 2.51. The Kier molecular flexibility index (Phi) is 6.46. The second kappa shape index (κ2) is 8.14. The van der Waals surface area contributed by atoms with Crippen LogP contribution in [-0.2, 0) is 10.2 Å². The Hall–Kier alpha value is -1.09. The maximum Gasteiger partial charge on any atom is 0.0589 e. The molecule has 0 unspecified atom stereocenters. The van der Waals surface area contributed by atoms with E-state index in [1.807, 2.05) is 0 Å². The predicted octanol–water partition coefficient (Wildman–Crippen LogP) is 4.65. The van der Waals surface area contributed by atoms with Crippen molar-refractivity contribution >= 4 is 23.2 Å². The van der Waals surface area contributed by atoms with Gasteiger partial charge < -0.3 is 9.64 Å². The molecule has 3 rings (SSSR count). The third kappa shape index (κ3) is 4.06. The number of hydrogen-bond donors (Lipinski definition) is 0. The minimum Gasteiger partial charge on any atom is -0.383 e. The summed E-state index contributed by atoms with van der Waals surface area (Å²) in [5.74, 6) is 0. The molecule has 0 bridgehead atoms. The maximum absolute atomic E-state index is 5.18. The lowest BCUT2D eigenvalue weighted by molar-refractivity contribution is 0.143. The molecular weight excluding hydrogens is 306 g/mol. The molecule has 23 heavy (non-hydrogen) atoms. The number of hydrogen-bond acceptors (Lipinski definition) is 2. The van der Waals surface area contributed by atoms with Crippen LogP contribution in [0.2, 0.25) is 0 Å². The summed E-state index contributed by atoms with van der Waals surface area (Å²) < 4.78 is 5.18. The lowest BCUT2D eigenvalue weighted by atomic mass is 9.62. The van der Waals surface area contributed by atoms with Crippen LogP contribution in [0.25, 0.3) is 10.8 Å². The van der Waals surface area contributed by atoms with E-state index in [-0.39, 0.29) is 12.4 Å². The zero-order valence-electron chi connectivity index (χ0n) is 14.3. The Balaban J connectivity index is 0.00000192. The van der Waals surface area contributed by atoms with Gasteiger partial charge in [-0.15, -0.1) is 12.4 Å². The highest BCUT2D eigenvalue weighted by Crippen LogP contribution is 2.47. The molecule has 0 atom stereocenters. The smallest absolute Gasteiger partial charge is 0.0589 e. The largest absolute Gasteiger partial charge is 0.383 e. The van der Waals surface area contributed by atoms with Crippen LogP contribution in [0.5, 0.6) is 0 Å². The van der Waals surface area contributed by atoms with Crippen molar-refractivity contribution < 1.29 is 4.74 Å². The summed E-state index contributed by atoms with van der Waals surface area (Å²) >= 11 is 0. The molecule has 0 amide bonds.